The molecule has 0 saturated carbocycles. The zero-order valence-electron chi connectivity index (χ0n) is 16.1. The van der Waals surface area contributed by atoms with E-state index in [0.717, 1.165) is 17.2 Å². The van der Waals surface area contributed by atoms with Crippen molar-refractivity contribution < 1.29 is 13.2 Å². The number of rotatable bonds is 7. The fourth-order valence-electron chi connectivity index (χ4n) is 2.62. The SMILES string of the molecule is C=C(NC(C)c1ccc(/C=C/C(F)(F)F)cn1)C(=N)c1ccc(Cl)cc1C(=C)C. The molecule has 7 heteroatoms. The number of alkyl halides is 3. The van der Waals surface area contributed by atoms with Gasteiger partial charge in [-0.3, -0.25) is 10.4 Å². The first-order valence-electron chi connectivity index (χ1n) is 8.70. The van der Waals surface area contributed by atoms with Crippen LogP contribution in [0.25, 0.3) is 11.6 Å². The van der Waals surface area contributed by atoms with Gasteiger partial charge in [-0.05, 0) is 49.2 Å². The molecule has 0 bridgehead atoms. The number of hydrogen-bond donors (Lipinski definition) is 2. The summed E-state index contributed by atoms with van der Waals surface area (Å²) in [6.07, 6.45) is -1.87. The fourth-order valence-corrected chi connectivity index (χ4v) is 2.79. The Bertz CT molecular complexity index is 960. The summed E-state index contributed by atoms with van der Waals surface area (Å²) in [6, 6.07) is 8.07. The first-order valence-corrected chi connectivity index (χ1v) is 9.08. The quantitative estimate of drug-likeness (QED) is 0.498. The predicted octanol–water partition coefficient (Wildman–Crippen LogP) is 6.58. The first kappa shape index (κ1) is 22.4. The number of pyridine rings is 1. The van der Waals surface area contributed by atoms with E-state index in [1.165, 1.54) is 6.20 Å². The number of benzene rings is 1. The Kier molecular flexibility index (Phi) is 7.03. The van der Waals surface area contributed by atoms with E-state index in [1.807, 2.05) is 13.8 Å². The van der Waals surface area contributed by atoms with Crippen LogP contribution in [0.5, 0.6) is 0 Å². The van der Waals surface area contributed by atoms with E-state index in [9.17, 15) is 13.2 Å². The van der Waals surface area contributed by atoms with Crippen LogP contribution >= 0.6 is 11.6 Å². The molecule has 1 heterocycles. The Morgan fingerprint density at radius 1 is 1.21 bits per heavy atom. The molecule has 0 spiro atoms. The Hall–Kier alpha value is -2.86. The second-order valence-corrected chi connectivity index (χ2v) is 7.02. The number of hydrogen-bond acceptors (Lipinski definition) is 3. The van der Waals surface area contributed by atoms with Gasteiger partial charge in [-0.1, -0.05) is 42.5 Å². The maximum absolute atomic E-state index is 12.2. The maximum atomic E-state index is 12.2. The molecule has 0 aliphatic rings. The van der Waals surface area contributed by atoms with Crippen LogP contribution in [0.2, 0.25) is 5.02 Å². The number of nitrogens with zero attached hydrogens (tertiary/aromatic N) is 1. The summed E-state index contributed by atoms with van der Waals surface area (Å²) in [4.78, 5) is 4.20. The minimum atomic E-state index is -4.37. The van der Waals surface area contributed by atoms with Gasteiger partial charge in [-0.25, -0.2) is 0 Å². The van der Waals surface area contributed by atoms with Crippen molar-refractivity contribution in [1.29, 1.82) is 5.41 Å². The lowest BCUT2D eigenvalue weighted by Crippen LogP contribution is -2.24. The first-order chi connectivity index (χ1) is 13.5. The van der Waals surface area contributed by atoms with Crippen LogP contribution in [0, 0.1) is 5.41 Å². The van der Waals surface area contributed by atoms with Crippen molar-refractivity contribution in [3.05, 3.63) is 88.9 Å². The molecule has 0 aliphatic heterocycles. The Morgan fingerprint density at radius 3 is 2.45 bits per heavy atom. The summed E-state index contributed by atoms with van der Waals surface area (Å²) in [5, 5.41) is 12.1. The summed E-state index contributed by atoms with van der Waals surface area (Å²) in [5.74, 6) is 0. The second kappa shape index (κ2) is 9.09. The molecule has 1 aromatic carbocycles. The Balaban J connectivity index is 2.12. The van der Waals surface area contributed by atoms with Gasteiger partial charge in [0.05, 0.1) is 23.1 Å². The highest BCUT2D eigenvalue weighted by atomic mass is 35.5. The monoisotopic (exact) mass is 419 g/mol. The minimum absolute atomic E-state index is 0.167. The molecular formula is C22H21ClF3N3. The third-order valence-corrected chi connectivity index (χ3v) is 4.36. The minimum Gasteiger partial charge on any atom is -0.376 e. The average molecular weight is 420 g/mol. The molecule has 2 aromatic rings. The summed E-state index contributed by atoms with van der Waals surface area (Å²) in [5.41, 5.74) is 3.71. The average Bonchev–Trinajstić information content (AvgIpc) is 2.65. The molecule has 29 heavy (non-hydrogen) atoms. The smallest absolute Gasteiger partial charge is 0.376 e. The summed E-state index contributed by atoms with van der Waals surface area (Å²) in [6.45, 7) is 11.5. The van der Waals surface area contributed by atoms with Crippen molar-refractivity contribution in [2.24, 2.45) is 0 Å². The second-order valence-electron chi connectivity index (χ2n) is 6.58. The highest BCUT2D eigenvalue weighted by Gasteiger charge is 2.21. The largest absolute Gasteiger partial charge is 0.409 e. The number of aromatic nitrogens is 1. The van der Waals surface area contributed by atoms with Crippen LogP contribution in [-0.4, -0.2) is 16.9 Å². The van der Waals surface area contributed by atoms with Gasteiger partial charge in [0.25, 0.3) is 0 Å². The lowest BCUT2D eigenvalue weighted by atomic mass is 9.97. The van der Waals surface area contributed by atoms with Crippen LogP contribution < -0.4 is 5.32 Å². The Labute approximate surface area is 173 Å². The van der Waals surface area contributed by atoms with Crippen molar-refractivity contribution in [2.75, 3.05) is 0 Å². The van der Waals surface area contributed by atoms with Gasteiger partial charge >= 0.3 is 6.18 Å². The van der Waals surface area contributed by atoms with Crippen molar-refractivity contribution in [1.82, 2.24) is 10.3 Å². The van der Waals surface area contributed by atoms with Gasteiger partial charge in [0, 0.05) is 22.9 Å². The predicted molar refractivity (Wildman–Crippen MR) is 113 cm³/mol. The van der Waals surface area contributed by atoms with Crippen LogP contribution in [0.15, 0.2) is 61.5 Å². The van der Waals surface area contributed by atoms with E-state index in [1.54, 1.807) is 30.3 Å². The number of nitrogens with one attached hydrogen (secondary N) is 2. The van der Waals surface area contributed by atoms with Gasteiger partial charge < -0.3 is 5.32 Å². The highest BCUT2D eigenvalue weighted by molar-refractivity contribution is 6.31. The van der Waals surface area contributed by atoms with Gasteiger partial charge in [-0.15, -0.1) is 0 Å². The van der Waals surface area contributed by atoms with E-state index < -0.39 is 6.18 Å². The molecule has 0 amide bonds. The van der Waals surface area contributed by atoms with E-state index >= 15 is 0 Å². The standard InChI is InChI=1S/C22H21ClF3N3/c1-13(2)19-11-17(23)6-7-18(19)21(27)15(4)29-14(3)20-8-5-16(12-28-20)9-10-22(24,25)26/h5-12,14,27,29H,1,4H2,2-3H3/b10-9+,27-21?. The van der Waals surface area contributed by atoms with E-state index in [0.29, 0.717) is 27.5 Å². The number of halogens is 4. The molecule has 1 unspecified atom stereocenters. The third-order valence-electron chi connectivity index (χ3n) is 4.12. The molecule has 0 radical (unpaired) electrons. The fraction of sp³-hybridized carbons (Fsp3) is 0.182. The van der Waals surface area contributed by atoms with Crippen molar-refractivity contribution >= 4 is 29.0 Å². The molecule has 1 aromatic heterocycles. The highest BCUT2D eigenvalue weighted by Crippen LogP contribution is 2.24. The van der Waals surface area contributed by atoms with Crippen molar-refractivity contribution in [3.63, 3.8) is 0 Å². The molecular weight excluding hydrogens is 399 g/mol. The maximum Gasteiger partial charge on any atom is 0.409 e. The molecule has 1 atom stereocenters. The van der Waals surface area contributed by atoms with Gasteiger partial charge in [0.1, 0.15) is 0 Å². The lowest BCUT2D eigenvalue weighted by molar-refractivity contribution is -0.0790. The zero-order valence-corrected chi connectivity index (χ0v) is 16.8. The molecule has 0 fully saturated rings. The molecule has 0 aliphatic carbocycles. The van der Waals surface area contributed by atoms with Crippen LogP contribution in [0.3, 0.4) is 0 Å². The molecule has 152 valence electrons. The van der Waals surface area contributed by atoms with Crippen molar-refractivity contribution in [2.45, 2.75) is 26.1 Å². The van der Waals surface area contributed by atoms with Gasteiger partial charge in [-0.2, -0.15) is 13.2 Å². The van der Waals surface area contributed by atoms with Crippen LogP contribution in [0.1, 0.15) is 42.3 Å². The van der Waals surface area contributed by atoms with Crippen LogP contribution in [-0.2, 0) is 0 Å². The van der Waals surface area contributed by atoms with E-state index in [4.69, 9.17) is 17.0 Å². The van der Waals surface area contributed by atoms with Crippen molar-refractivity contribution in [3.8, 4) is 0 Å². The van der Waals surface area contributed by atoms with E-state index in [2.05, 4.69) is 23.5 Å². The van der Waals surface area contributed by atoms with Gasteiger partial charge in [0.2, 0.25) is 0 Å². The molecule has 2 rings (SSSR count). The Morgan fingerprint density at radius 2 is 1.90 bits per heavy atom. The summed E-state index contributed by atoms with van der Waals surface area (Å²) >= 11 is 6.04. The summed E-state index contributed by atoms with van der Waals surface area (Å²) in [7, 11) is 0. The third kappa shape index (κ3) is 6.32. The molecule has 2 N–H and O–H groups in total. The molecule has 3 nitrogen and oxygen atoms in total. The number of allylic oxidation sites excluding steroid dienone is 3. The van der Waals surface area contributed by atoms with Crippen LogP contribution in [0.4, 0.5) is 13.2 Å². The van der Waals surface area contributed by atoms with Gasteiger partial charge in [0.15, 0.2) is 0 Å². The topological polar surface area (TPSA) is 48.8 Å². The summed E-state index contributed by atoms with van der Waals surface area (Å²) < 4.78 is 36.7. The van der Waals surface area contributed by atoms with E-state index in [-0.39, 0.29) is 17.8 Å². The zero-order chi connectivity index (χ0) is 21.8. The molecule has 0 saturated heterocycles. The lowest BCUT2D eigenvalue weighted by Gasteiger charge is -2.19. The normalized spacial score (nSPS) is 12.6.